The normalized spacial score (nSPS) is 30.6. The van der Waals surface area contributed by atoms with Crippen LogP contribution in [0, 0.1) is 0 Å². The summed E-state index contributed by atoms with van der Waals surface area (Å²) < 4.78 is 27.4. The number of hydrogen-bond acceptors (Lipinski definition) is 7. The number of alkyl halides is 1. The minimum Gasteiger partial charge on any atom is -0.444 e. The molecular weight excluding hydrogens is 555 g/mol. The Morgan fingerprint density at radius 3 is 2.42 bits per heavy atom. The molecule has 0 unspecified atom stereocenters. The van der Waals surface area contributed by atoms with E-state index in [1.807, 2.05) is 39.0 Å². The number of piperidine rings is 3. The Morgan fingerprint density at radius 2 is 1.74 bits per heavy atom. The smallest absolute Gasteiger partial charge is 0.410 e. The summed E-state index contributed by atoms with van der Waals surface area (Å²) in [4.78, 5) is 55.0. The van der Waals surface area contributed by atoms with Gasteiger partial charge >= 0.3 is 6.09 Å². The second-order valence-corrected chi connectivity index (χ2v) is 13.8. The van der Waals surface area contributed by atoms with Gasteiger partial charge < -0.3 is 19.3 Å². The summed E-state index contributed by atoms with van der Waals surface area (Å²) in [5.74, 6) is -1.24. The largest absolute Gasteiger partial charge is 0.444 e. The van der Waals surface area contributed by atoms with E-state index in [-0.39, 0.29) is 42.5 Å². The first-order chi connectivity index (χ1) is 20.4. The molecule has 6 rings (SSSR count). The van der Waals surface area contributed by atoms with Gasteiger partial charge in [-0.3, -0.25) is 24.6 Å². The number of nitrogens with zero attached hydrogens (tertiary/aromatic N) is 3. The molecule has 4 fully saturated rings. The number of carbonyl (C=O) groups excluding carboxylic acids is 4. The van der Waals surface area contributed by atoms with Gasteiger partial charge in [0.05, 0.1) is 12.2 Å². The molecule has 0 aromatic heterocycles. The summed E-state index contributed by atoms with van der Waals surface area (Å²) >= 11 is 0. The summed E-state index contributed by atoms with van der Waals surface area (Å²) in [5.41, 5.74) is 1.70. The zero-order chi connectivity index (χ0) is 30.5. The van der Waals surface area contributed by atoms with Gasteiger partial charge in [-0.15, -0.1) is 0 Å². The SMILES string of the molecule is CC(C)(C)OC(=O)N1CCC(OC2CC(N3CC[C@H](c4ccc5c(c4)C(=O)N([C@@H]4CCC(=O)NC4=O)C5)[C@H](F)C3)C2)CC1. The van der Waals surface area contributed by atoms with Crippen LogP contribution in [-0.2, 0) is 25.6 Å². The second kappa shape index (κ2) is 11.8. The van der Waals surface area contributed by atoms with Gasteiger partial charge in [0.15, 0.2) is 0 Å². The van der Waals surface area contributed by atoms with Gasteiger partial charge in [0.25, 0.3) is 5.91 Å². The first-order valence-corrected chi connectivity index (χ1v) is 15.7. The standard InChI is InChI=1S/C32H43FN4O6/c1-32(2,3)43-31(41)35-11-8-22(9-12-35)42-23-15-21(16-23)36-13-10-24(26(33)18-36)19-4-5-20-17-37(30(40)25(20)14-19)27-6-7-28(38)34-29(27)39/h4-5,14,21-24,26-27H,6-13,15-18H2,1-3H3,(H,34,38,39)/t21?,23?,24-,26-,27-/m1/s1. The van der Waals surface area contributed by atoms with Crippen molar-refractivity contribution in [3.63, 3.8) is 0 Å². The average molecular weight is 599 g/mol. The summed E-state index contributed by atoms with van der Waals surface area (Å²) in [6, 6.07) is 5.29. The molecule has 1 saturated carbocycles. The van der Waals surface area contributed by atoms with Crippen LogP contribution in [0.15, 0.2) is 18.2 Å². The molecule has 10 nitrogen and oxygen atoms in total. The Bertz CT molecular complexity index is 1270. The first kappa shape index (κ1) is 30.0. The van der Waals surface area contributed by atoms with E-state index in [4.69, 9.17) is 9.47 Å². The zero-order valence-corrected chi connectivity index (χ0v) is 25.4. The lowest BCUT2D eigenvalue weighted by Gasteiger charge is -2.47. The van der Waals surface area contributed by atoms with Gasteiger partial charge in [-0.05, 0) is 83.0 Å². The van der Waals surface area contributed by atoms with Gasteiger partial charge in [-0.1, -0.05) is 12.1 Å². The Kier molecular flexibility index (Phi) is 8.23. The van der Waals surface area contributed by atoms with E-state index >= 15 is 4.39 Å². The third-order valence-corrected chi connectivity index (χ3v) is 9.62. The number of amides is 4. The van der Waals surface area contributed by atoms with E-state index in [0.717, 1.165) is 43.4 Å². The van der Waals surface area contributed by atoms with E-state index in [9.17, 15) is 19.2 Å². The number of carbonyl (C=O) groups is 4. The minimum absolute atomic E-state index is 0.137. The van der Waals surface area contributed by atoms with Crippen LogP contribution in [0.4, 0.5) is 9.18 Å². The van der Waals surface area contributed by atoms with Crippen molar-refractivity contribution in [2.75, 3.05) is 26.2 Å². The summed E-state index contributed by atoms with van der Waals surface area (Å²) in [7, 11) is 0. The van der Waals surface area contributed by atoms with Gasteiger partial charge in [-0.25, -0.2) is 9.18 Å². The molecule has 3 saturated heterocycles. The third kappa shape index (κ3) is 6.43. The van der Waals surface area contributed by atoms with Crippen LogP contribution in [0.25, 0.3) is 0 Å². The van der Waals surface area contributed by atoms with Crippen molar-refractivity contribution in [2.24, 2.45) is 0 Å². The number of fused-ring (bicyclic) bond motifs is 1. The summed E-state index contributed by atoms with van der Waals surface area (Å²) in [6.07, 6.45) is 3.62. The molecule has 234 valence electrons. The highest BCUT2D eigenvalue weighted by Gasteiger charge is 2.42. The van der Waals surface area contributed by atoms with Gasteiger partial charge in [0, 0.05) is 50.1 Å². The molecule has 3 atom stereocenters. The van der Waals surface area contributed by atoms with Crippen LogP contribution in [-0.4, -0.2) is 101 Å². The van der Waals surface area contributed by atoms with E-state index in [2.05, 4.69) is 10.2 Å². The van der Waals surface area contributed by atoms with Gasteiger partial charge in [0.2, 0.25) is 11.8 Å². The van der Waals surface area contributed by atoms with Crippen molar-refractivity contribution in [2.45, 2.75) is 114 Å². The Balaban J connectivity index is 0.959. The van der Waals surface area contributed by atoms with Gasteiger partial charge in [-0.2, -0.15) is 0 Å². The molecule has 4 amide bonds. The number of halogens is 1. The number of ether oxygens (including phenoxy) is 2. The highest BCUT2D eigenvalue weighted by atomic mass is 19.1. The number of likely N-dealkylation sites (tertiary alicyclic amines) is 2. The Morgan fingerprint density at radius 1 is 1.00 bits per heavy atom. The van der Waals surface area contributed by atoms with Crippen molar-refractivity contribution in [1.29, 1.82) is 0 Å². The van der Waals surface area contributed by atoms with Gasteiger partial charge in [0.1, 0.15) is 17.8 Å². The molecular formula is C32H43FN4O6. The molecule has 0 spiro atoms. The maximum atomic E-state index is 15.6. The van der Waals surface area contributed by atoms with Crippen LogP contribution < -0.4 is 5.32 Å². The van der Waals surface area contributed by atoms with Crippen molar-refractivity contribution in [3.05, 3.63) is 34.9 Å². The van der Waals surface area contributed by atoms with E-state index in [0.29, 0.717) is 50.6 Å². The molecule has 43 heavy (non-hydrogen) atoms. The molecule has 0 bridgehead atoms. The van der Waals surface area contributed by atoms with Crippen molar-refractivity contribution >= 4 is 23.8 Å². The number of rotatable bonds is 5. The maximum Gasteiger partial charge on any atom is 0.410 e. The Labute approximate surface area is 252 Å². The summed E-state index contributed by atoms with van der Waals surface area (Å²) in [5, 5.41) is 2.33. The average Bonchev–Trinajstić information content (AvgIpc) is 3.25. The minimum atomic E-state index is -1.04. The zero-order valence-electron chi connectivity index (χ0n) is 25.4. The predicted octanol–water partition coefficient (Wildman–Crippen LogP) is 3.52. The van der Waals surface area contributed by atoms with Crippen molar-refractivity contribution in [1.82, 2.24) is 20.0 Å². The highest BCUT2D eigenvalue weighted by molar-refractivity contribution is 6.05. The lowest BCUT2D eigenvalue weighted by molar-refractivity contribution is -0.136. The fourth-order valence-corrected chi connectivity index (χ4v) is 7.16. The molecule has 0 radical (unpaired) electrons. The molecule has 11 heteroatoms. The fourth-order valence-electron chi connectivity index (χ4n) is 7.16. The number of hydrogen-bond donors (Lipinski definition) is 1. The van der Waals surface area contributed by atoms with Crippen molar-refractivity contribution < 1.29 is 33.0 Å². The molecule has 4 heterocycles. The first-order valence-electron chi connectivity index (χ1n) is 15.7. The van der Waals surface area contributed by atoms with E-state index in [1.165, 1.54) is 4.90 Å². The number of benzene rings is 1. The van der Waals surface area contributed by atoms with Crippen LogP contribution in [0.3, 0.4) is 0 Å². The lowest BCUT2D eigenvalue weighted by Crippen LogP contribution is -2.54. The van der Waals surface area contributed by atoms with Crippen LogP contribution in [0.1, 0.15) is 93.1 Å². The molecule has 4 aliphatic heterocycles. The number of imide groups is 1. The second-order valence-electron chi connectivity index (χ2n) is 13.8. The van der Waals surface area contributed by atoms with E-state index < -0.39 is 23.7 Å². The maximum absolute atomic E-state index is 15.6. The fraction of sp³-hybridized carbons (Fsp3) is 0.688. The number of nitrogens with one attached hydrogen (secondary N) is 1. The highest BCUT2D eigenvalue weighted by Crippen LogP contribution is 2.38. The lowest BCUT2D eigenvalue weighted by atomic mass is 9.82. The van der Waals surface area contributed by atoms with Crippen molar-refractivity contribution in [3.8, 4) is 0 Å². The van der Waals surface area contributed by atoms with Crippen LogP contribution in [0.2, 0.25) is 0 Å². The predicted molar refractivity (Wildman–Crippen MR) is 155 cm³/mol. The Hall–Kier alpha value is -3.05. The molecule has 1 aromatic carbocycles. The molecule has 5 aliphatic rings. The van der Waals surface area contributed by atoms with Crippen LogP contribution >= 0.6 is 0 Å². The quantitative estimate of drug-likeness (QED) is 0.517. The molecule has 1 aliphatic carbocycles. The molecule has 1 N–H and O–H groups in total. The topological polar surface area (TPSA) is 108 Å². The monoisotopic (exact) mass is 598 g/mol. The summed E-state index contributed by atoms with van der Waals surface area (Å²) in [6.45, 7) is 8.37. The molecule has 1 aromatic rings. The van der Waals surface area contributed by atoms with Crippen LogP contribution in [0.5, 0.6) is 0 Å². The third-order valence-electron chi connectivity index (χ3n) is 9.62. The van der Waals surface area contributed by atoms with E-state index in [1.54, 1.807) is 4.90 Å².